The van der Waals surface area contributed by atoms with Gasteiger partial charge in [0.25, 0.3) is 0 Å². The summed E-state index contributed by atoms with van der Waals surface area (Å²) >= 11 is 0. The molecular formula is C20H30N2O2. The van der Waals surface area contributed by atoms with Gasteiger partial charge in [0, 0.05) is 12.6 Å². The van der Waals surface area contributed by atoms with E-state index in [1.165, 1.54) is 51.6 Å². The van der Waals surface area contributed by atoms with Crippen LogP contribution in [0.25, 0.3) is 0 Å². The lowest BCUT2D eigenvalue weighted by atomic mass is 9.84. The molecule has 0 spiro atoms. The molecule has 0 radical (unpaired) electrons. The summed E-state index contributed by atoms with van der Waals surface area (Å²) in [7, 11) is 0. The zero-order valence-corrected chi connectivity index (χ0v) is 14.6. The number of piperidine rings is 1. The molecule has 1 aromatic carbocycles. The molecule has 24 heavy (non-hydrogen) atoms. The molecule has 1 aliphatic carbocycles. The van der Waals surface area contributed by atoms with Crippen LogP contribution < -0.4 is 5.32 Å². The molecular weight excluding hydrogens is 300 g/mol. The Bertz CT molecular complexity index is 500. The van der Waals surface area contributed by atoms with Crippen LogP contribution in [0.5, 0.6) is 0 Å². The molecule has 132 valence electrons. The average molecular weight is 330 g/mol. The van der Waals surface area contributed by atoms with E-state index in [1.807, 2.05) is 30.3 Å². The SMILES string of the molecule is O=C(NC1CCCCC1CN1CCCCC1)OCc1ccccc1. The van der Waals surface area contributed by atoms with Crippen molar-refractivity contribution in [1.82, 2.24) is 10.2 Å². The summed E-state index contributed by atoms with van der Waals surface area (Å²) in [5, 5.41) is 3.14. The highest BCUT2D eigenvalue weighted by Gasteiger charge is 2.28. The molecule has 3 rings (SSSR count). The number of nitrogens with one attached hydrogen (secondary N) is 1. The summed E-state index contributed by atoms with van der Waals surface area (Å²) in [5.41, 5.74) is 1.03. The fourth-order valence-electron chi connectivity index (χ4n) is 4.01. The van der Waals surface area contributed by atoms with Crippen molar-refractivity contribution in [2.75, 3.05) is 19.6 Å². The highest BCUT2D eigenvalue weighted by atomic mass is 16.5. The number of nitrogens with zero attached hydrogens (tertiary/aromatic N) is 1. The minimum Gasteiger partial charge on any atom is -0.445 e. The van der Waals surface area contributed by atoms with Crippen molar-refractivity contribution in [3.05, 3.63) is 35.9 Å². The van der Waals surface area contributed by atoms with Gasteiger partial charge < -0.3 is 15.0 Å². The lowest BCUT2D eigenvalue weighted by molar-refractivity contribution is 0.114. The molecule has 2 unspecified atom stereocenters. The second-order valence-corrected chi connectivity index (χ2v) is 7.22. The summed E-state index contributed by atoms with van der Waals surface area (Å²) in [4.78, 5) is 14.8. The van der Waals surface area contributed by atoms with Crippen LogP contribution >= 0.6 is 0 Å². The van der Waals surface area contributed by atoms with Gasteiger partial charge in [-0.15, -0.1) is 0 Å². The van der Waals surface area contributed by atoms with E-state index in [9.17, 15) is 4.79 Å². The summed E-state index contributed by atoms with van der Waals surface area (Å²) in [6, 6.07) is 10.1. The lowest BCUT2D eigenvalue weighted by Crippen LogP contribution is -2.47. The van der Waals surface area contributed by atoms with Gasteiger partial charge in [-0.3, -0.25) is 0 Å². The molecule has 1 saturated heterocycles. The molecule has 1 N–H and O–H groups in total. The molecule has 2 fully saturated rings. The number of amides is 1. The quantitative estimate of drug-likeness (QED) is 0.888. The van der Waals surface area contributed by atoms with Crippen LogP contribution in [0.15, 0.2) is 30.3 Å². The van der Waals surface area contributed by atoms with Crippen LogP contribution in [0.3, 0.4) is 0 Å². The first-order chi connectivity index (χ1) is 11.8. The van der Waals surface area contributed by atoms with E-state index in [1.54, 1.807) is 0 Å². The fraction of sp³-hybridized carbons (Fsp3) is 0.650. The first-order valence-corrected chi connectivity index (χ1v) is 9.51. The molecule has 1 amide bonds. The largest absolute Gasteiger partial charge is 0.445 e. The highest BCUT2D eigenvalue weighted by molar-refractivity contribution is 5.67. The van der Waals surface area contributed by atoms with Crippen LogP contribution in [0.4, 0.5) is 4.79 Å². The van der Waals surface area contributed by atoms with Crippen molar-refractivity contribution in [3.8, 4) is 0 Å². The molecule has 0 aromatic heterocycles. The number of hydrogen-bond acceptors (Lipinski definition) is 3. The normalized spacial score (nSPS) is 25.2. The first kappa shape index (κ1) is 17.3. The number of alkyl carbamates (subject to hydrolysis) is 1. The van der Waals surface area contributed by atoms with E-state index < -0.39 is 0 Å². The first-order valence-electron chi connectivity index (χ1n) is 9.51. The number of carbonyl (C=O) groups excluding carboxylic acids is 1. The van der Waals surface area contributed by atoms with E-state index in [0.29, 0.717) is 12.5 Å². The van der Waals surface area contributed by atoms with Gasteiger partial charge in [0.15, 0.2) is 0 Å². The van der Waals surface area contributed by atoms with Gasteiger partial charge >= 0.3 is 6.09 Å². The highest BCUT2D eigenvalue weighted by Crippen LogP contribution is 2.26. The topological polar surface area (TPSA) is 41.6 Å². The smallest absolute Gasteiger partial charge is 0.407 e. The molecule has 1 aliphatic heterocycles. The summed E-state index contributed by atoms with van der Waals surface area (Å²) in [6.45, 7) is 3.92. The Morgan fingerprint density at radius 2 is 1.79 bits per heavy atom. The van der Waals surface area contributed by atoms with Gasteiger partial charge in [-0.1, -0.05) is 49.6 Å². The van der Waals surface area contributed by atoms with Gasteiger partial charge in [-0.2, -0.15) is 0 Å². The van der Waals surface area contributed by atoms with Crippen molar-refractivity contribution in [2.45, 2.75) is 57.6 Å². The number of benzene rings is 1. The average Bonchev–Trinajstić information content (AvgIpc) is 2.63. The van der Waals surface area contributed by atoms with E-state index in [4.69, 9.17) is 4.74 Å². The van der Waals surface area contributed by atoms with Crippen molar-refractivity contribution < 1.29 is 9.53 Å². The number of likely N-dealkylation sites (tertiary alicyclic amines) is 1. The van der Waals surface area contributed by atoms with Crippen LogP contribution in [-0.2, 0) is 11.3 Å². The predicted molar refractivity (Wildman–Crippen MR) is 95.8 cm³/mol. The molecule has 0 bridgehead atoms. The van der Waals surface area contributed by atoms with Crippen molar-refractivity contribution >= 4 is 6.09 Å². The number of hydrogen-bond donors (Lipinski definition) is 1. The third-order valence-corrected chi connectivity index (χ3v) is 5.37. The molecule has 4 nitrogen and oxygen atoms in total. The molecule has 2 atom stereocenters. The minimum absolute atomic E-state index is 0.268. The summed E-state index contributed by atoms with van der Waals surface area (Å²) in [5.74, 6) is 0.570. The third kappa shape index (κ3) is 5.23. The molecule has 4 heteroatoms. The lowest BCUT2D eigenvalue weighted by Gasteiger charge is -2.37. The Balaban J connectivity index is 1.46. The monoisotopic (exact) mass is 330 g/mol. The van der Waals surface area contributed by atoms with Gasteiger partial charge in [0.1, 0.15) is 6.61 Å². The zero-order chi connectivity index (χ0) is 16.6. The Morgan fingerprint density at radius 3 is 2.58 bits per heavy atom. The molecule has 2 aliphatic rings. The maximum Gasteiger partial charge on any atom is 0.407 e. The Labute approximate surface area is 145 Å². The summed E-state index contributed by atoms with van der Waals surface area (Å²) in [6.07, 6.45) is 8.55. The van der Waals surface area contributed by atoms with Crippen LogP contribution in [0, 0.1) is 5.92 Å². The molecule has 1 heterocycles. The zero-order valence-electron chi connectivity index (χ0n) is 14.6. The van der Waals surface area contributed by atoms with Crippen molar-refractivity contribution in [3.63, 3.8) is 0 Å². The minimum atomic E-state index is -0.269. The van der Waals surface area contributed by atoms with Gasteiger partial charge in [0.05, 0.1) is 0 Å². The number of rotatable bonds is 5. The number of carbonyl (C=O) groups is 1. The van der Waals surface area contributed by atoms with E-state index in [2.05, 4.69) is 10.2 Å². The molecule has 1 aromatic rings. The van der Waals surface area contributed by atoms with Crippen LogP contribution in [0.1, 0.15) is 50.5 Å². The maximum atomic E-state index is 12.2. The van der Waals surface area contributed by atoms with Gasteiger partial charge in [0.2, 0.25) is 0 Å². The Kier molecular flexibility index (Phi) is 6.53. The van der Waals surface area contributed by atoms with Crippen molar-refractivity contribution in [1.29, 1.82) is 0 Å². The van der Waals surface area contributed by atoms with Crippen LogP contribution in [0.2, 0.25) is 0 Å². The second kappa shape index (κ2) is 9.07. The standard InChI is InChI=1S/C20H30N2O2/c23-20(24-16-17-9-3-1-4-10-17)21-19-12-6-5-11-18(19)15-22-13-7-2-8-14-22/h1,3-4,9-10,18-19H,2,5-8,11-16H2,(H,21,23). The van der Waals surface area contributed by atoms with Crippen molar-refractivity contribution in [2.24, 2.45) is 5.92 Å². The van der Waals surface area contributed by atoms with E-state index >= 15 is 0 Å². The van der Waals surface area contributed by atoms with E-state index in [0.717, 1.165) is 18.5 Å². The van der Waals surface area contributed by atoms with E-state index in [-0.39, 0.29) is 12.1 Å². The Morgan fingerprint density at radius 1 is 1.04 bits per heavy atom. The fourth-order valence-corrected chi connectivity index (χ4v) is 4.01. The number of ether oxygens (including phenoxy) is 1. The summed E-state index contributed by atoms with van der Waals surface area (Å²) < 4.78 is 5.41. The van der Waals surface area contributed by atoms with Crippen LogP contribution in [-0.4, -0.2) is 36.7 Å². The second-order valence-electron chi connectivity index (χ2n) is 7.22. The van der Waals surface area contributed by atoms with Gasteiger partial charge in [-0.25, -0.2) is 4.79 Å². The van der Waals surface area contributed by atoms with Gasteiger partial charge in [-0.05, 0) is 50.3 Å². The Hall–Kier alpha value is -1.55. The predicted octanol–water partition coefficient (Wildman–Crippen LogP) is 3.96. The molecule has 1 saturated carbocycles. The maximum absolute atomic E-state index is 12.2. The third-order valence-electron chi connectivity index (χ3n) is 5.37.